The molecule has 0 fully saturated rings. The second-order valence-electron chi connectivity index (χ2n) is 4.98. The Morgan fingerprint density at radius 3 is 2.84 bits per heavy atom. The number of ether oxygens (including phenoxy) is 1. The van der Waals surface area contributed by atoms with Gasteiger partial charge in [-0.25, -0.2) is 4.98 Å². The van der Waals surface area contributed by atoms with Crippen molar-refractivity contribution in [1.82, 2.24) is 9.97 Å². The molecule has 0 radical (unpaired) electrons. The molecule has 8 heteroatoms. The molecule has 0 spiro atoms. The van der Waals surface area contributed by atoms with Gasteiger partial charge in [0.25, 0.3) is 0 Å². The largest absolute Gasteiger partial charge is 0.385 e. The first-order valence-corrected chi connectivity index (χ1v) is 5.85. The highest BCUT2D eigenvalue weighted by atomic mass is 16.6. The second-order valence-corrected chi connectivity index (χ2v) is 4.98. The molecule has 0 aliphatic rings. The first-order valence-electron chi connectivity index (χ1n) is 5.85. The van der Waals surface area contributed by atoms with E-state index in [1.54, 1.807) is 7.11 Å². The smallest absolute Gasteiger partial charge is 0.329 e. The minimum absolute atomic E-state index is 0.00259. The number of hydrogen-bond donors (Lipinski definition) is 2. The molecule has 0 saturated heterocycles. The van der Waals surface area contributed by atoms with Crippen LogP contribution in [-0.4, -0.2) is 35.2 Å². The Labute approximate surface area is 111 Å². The number of nitrogens with two attached hydrogens (primary N) is 1. The number of anilines is 2. The summed E-state index contributed by atoms with van der Waals surface area (Å²) in [7, 11) is 1.64. The molecule has 8 nitrogen and oxygen atoms in total. The zero-order chi connectivity index (χ0) is 14.5. The summed E-state index contributed by atoms with van der Waals surface area (Å²) in [6.07, 6.45) is 1.93. The Morgan fingerprint density at radius 2 is 2.26 bits per heavy atom. The standard InChI is InChI=1S/C11H19N5O3/c1-11(2,4-5-19-3)7-14-9-8(16(17)18)6-13-10(12)15-9/h6H,4-5,7H2,1-3H3,(H3,12,13,14,15). The number of nitro groups is 1. The average molecular weight is 269 g/mol. The van der Waals surface area contributed by atoms with Crippen molar-refractivity contribution in [3.63, 3.8) is 0 Å². The lowest BCUT2D eigenvalue weighted by atomic mass is 9.90. The number of nitrogen functional groups attached to an aromatic ring is 1. The van der Waals surface area contributed by atoms with Crippen LogP contribution >= 0.6 is 0 Å². The van der Waals surface area contributed by atoms with Gasteiger partial charge in [-0.3, -0.25) is 10.1 Å². The lowest BCUT2D eigenvalue weighted by molar-refractivity contribution is -0.384. The average Bonchev–Trinajstić information content (AvgIpc) is 2.34. The van der Waals surface area contributed by atoms with Crippen molar-refractivity contribution in [2.45, 2.75) is 20.3 Å². The summed E-state index contributed by atoms with van der Waals surface area (Å²) >= 11 is 0. The first-order chi connectivity index (χ1) is 8.85. The van der Waals surface area contributed by atoms with E-state index in [0.29, 0.717) is 13.2 Å². The van der Waals surface area contributed by atoms with E-state index in [4.69, 9.17) is 10.5 Å². The van der Waals surface area contributed by atoms with Gasteiger partial charge in [0.05, 0.1) is 4.92 Å². The first kappa shape index (κ1) is 15.1. The van der Waals surface area contributed by atoms with Crippen LogP contribution in [0.15, 0.2) is 6.20 Å². The molecule has 0 aromatic carbocycles. The number of hydrogen-bond acceptors (Lipinski definition) is 7. The lowest BCUT2D eigenvalue weighted by Gasteiger charge is -2.24. The number of aromatic nitrogens is 2. The molecule has 3 N–H and O–H groups in total. The van der Waals surface area contributed by atoms with E-state index < -0.39 is 4.92 Å². The summed E-state index contributed by atoms with van der Waals surface area (Å²) in [6, 6.07) is 0. The van der Waals surface area contributed by atoms with Gasteiger partial charge in [-0.15, -0.1) is 0 Å². The maximum absolute atomic E-state index is 10.9. The summed E-state index contributed by atoms with van der Waals surface area (Å²) in [5.41, 5.74) is 5.18. The molecule has 1 aromatic heterocycles. The van der Waals surface area contributed by atoms with Gasteiger partial charge in [-0.2, -0.15) is 4.98 Å². The van der Waals surface area contributed by atoms with E-state index in [1.807, 2.05) is 13.8 Å². The molecular weight excluding hydrogens is 250 g/mol. The second kappa shape index (κ2) is 6.28. The Morgan fingerprint density at radius 1 is 1.58 bits per heavy atom. The van der Waals surface area contributed by atoms with Crippen LogP contribution in [0.4, 0.5) is 17.5 Å². The highest BCUT2D eigenvalue weighted by Crippen LogP contribution is 2.25. The van der Waals surface area contributed by atoms with Gasteiger partial charge in [0.15, 0.2) is 0 Å². The maximum atomic E-state index is 10.9. The molecule has 1 aromatic rings. The third-order valence-electron chi connectivity index (χ3n) is 2.70. The van der Waals surface area contributed by atoms with Crippen LogP contribution in [0, 0.1) is 15.5 Å². The van der Waals surface area contributed by atoms with Crippen molar-refractivity contribution < 1.29 is 9.66 Å². The topological polar surface area (TPSA) is 116 Å². The van der Waals surface area contributed by atoms with Gasteiger partial charge in [0.1, 0.15) is 6.20 Å². The molecule has 0 atom stereocenters. The number of methoxy groups -OCH3 is 1. The highest BCUT2D eigenvalue weighted by Gasteiger charge is 2.21. The van der Waals surface area contributed by atoms with Crippen molar-refractivity contribution >= 4 is 17.5 Å². The maximum Gasteiger partial charge on any atom is 0.329 e. The van der Waals surface area contributed by atoms with Crippen molar-refractivity contribution in [1.29, 1.82) is 0 Å². The van der Waals surface area contributed by atoms with Gasteiger partial charge in [-0.1, -0.05) is 13.8 Å². The molecule has 0 aliphatic carbocycles. The van der Waals surface area contributed by atoms with E-state index in [-0.39, 0.29) is 22.9 Å². The van der Waals surface area contributed by atoms with E-state index in [2.05, 4.69) is 15.3 Å². The fraction of sp³-hybridized carbons (Fsp3) is 0.636. The van der Waals surface area contributed by atoms with Gasteiger partial charge < -0.3 is 15.8 Å². The van der Waals surface area contributed by atoms with Gasteiger partial charge in [-0.05, 0) is 11.8 Å². The fourth-order valence-electron chi connectivity index (χ4n) is 1.44. The van der Waals surface area contributed by atoms with Crippen LogP contribution in [0.3, 0.4) is 0 Å². The molecule has 0 amide bonds. The molecule has 19 heavy (non-hydrogen) atoms. The SMILES string of the molecule is COCCC(C)(C)CNc1nc(N)ncc1[N+](=O)[O-]. The minimum Gasteiger partial charge on any atom is -0.385 e. The van der Waals surface area contributed by atoms with Crippen LogP contribution in [0.2, 0.25) is 0 Å². The summed E-state index contributed by atoms with van der Waals surface area (Å²) in [5, 5.41) is 13.8. The predicted molar refractivity (Wildman–Crippen MR) is 71.9 cm³/mol. The zero-order valence-electron chi connectivity index (χ0n) is 11.3. The minimum atomic E-state index is -0.538. The Balaban J connectivity index is 2.76. The van der Waals surface area contributed by atoms with Crippen LogP contribution < -0.4 is 11.1 Å². The van der Waals surface area contributed by atoms with Crippen molar-refractivity contribution in [2.24, 2.45) is 5.41 Å². The normalized spacial score (nSPS) is 11.3. The summed E-state index contributed by atoms with van der Waals surface area (Å²) < 4.78 is 5.03. The number of nitrogens with one attached hydrogen (secondary N) is 1. The van der Waals surface area contributed by atoms with Crippen LogP contribution in [0.5, 0.6) is 0 Å². The van der Waals surface area contributed by atoms with Crippen molar-refractivity contribution in [3.05, 3.63) is 16.3 Å². The molecular formula is C11H19N5O3. The van der Waals surface area contributed by atoms with Crippen molar-refractivity contribution in [3.8, 4) is 0 Å². The molecule has 0 aliphatic heterocycles. The van der Waals surface area contributed by atoms with Gasteiger partial charge in [0.2, 0.25) is 11.8 Å². The third-order valence-corrected chi connectivity index (χ3v) is 2.70. The molecule has 1 heterocycles. The number of rotatable bonds is 7. The van der Waals surface area contributed by atoms with Gasteiger partial charge in [0, 0.05) is 20.3 Å². The Kier molecular flexibility index (Phi) is 4.99. The molecule has 0 unspecified atom stereocenters. The fourth-order valence-corrected chi connectivity index (χ4v) is 1.44. The molecule has 0 saturated carbocycles. The quantitative estimate of drug-likeness (QED) is 0.568. The van der Waals surface area contributed by atoms with Crippen LogP contribution in [0.1, 0.15) is 20.3 Å². The zero-order valence-corrected chi connectivity index (χ0v) is 11.3. The van der Waals surface area contributed by atoms with E-state index in [1.165, 1.54) is 0 Å². The summed E-state index contributed by atoms with van der Waals surface area (Å²) in [6.45, 7) is 5.22. The van der Waals surface area contributed by atoms with E-state index in [0.717, 1.165) is 12.6 Å². The summed E-state index contributed by atoms with van der Waals surface area (Å²) in [5.74, 6) is 0.144. The molecule has 0 bridgehead atoms. The van der Waals surface area contributed by atoms with E-state index >= 15 is 0 Å². The highest BCUT2D eigenvalue weighted by molar-refractivity contribution is 5.56. The monoisotopic (exact) mass is 269 g/mol. The van der Waals surface area contributed by atoms with E-state index in [9.17, 15) is 10.1 Å². The van der Waals surface area contributed by atoms with Gasteiger partial charge >= 0.3 is 5.69 Å². The predicted octanol–water partition coefficient (Wildman–Crippen LogP) is 1.44. The van der Waals surface area contributed by atoms with Crippen LogP contribution in [-0.2, 0) is 4.74 Å². The molecule has 106 valence electrons. The Bertz CT molecular complexity index is 450. The van der Waals surface area contributed by atoms with Crippen molar-refractivity contribution in [2.75, 3.05) is 31.3 Å². The Hall–Kier alpha value is -1.96. The number of nitrogens with zero attached hydrogens (tertiary/aromatic N) is 3. The molecule has 1 rings (SSSR count). The lowest BCUT2D eigenvalue weighted by Crippen LogP contribution is -2.25. The third kappa shape index (κ3) is 4.66. The van der Waals surface area contributed by atoms with Crippen LogP contribution in [0.25, 0.3) is 0 Å². The summed E-state index contributed by atoms with van der Waals surface area (Å²) in [4.78, 5) is 17.8.